The van der Waals surface area contributed by atoms with E-state index in [2.05, 4.69) is 233 Å². The zero-order chi connectivity index (χ0) is 43.2. The van der Waals surface area contributed by atoms with Crippen LogP contribution in [0.25, 0.3) is 120 Å². The third kappa shape index (κ3) is 5.26. The number of nitrogens with zero attached hydrogens (tertiary/aromatic N) is 2. The fourth-order valence-corrected chi connectivity index (χ4v) is 11.1. The average molecular weight is 821 g/mol. The minimum absolute atomic E-state index is 0.00846. The predicted molar refractivity (Wildman–Crippen MR) is 278 cm³/mol. The second-order valence-electron chi connectivity index (χ2n) is 20.2. The van der Waals surface area contributed by atoms with E-state index in [0.29, 0.717) is 0 Å². The van der Waals surface area contributed by atoms with E-state index in [9.17, 15) is 0 Å². The van der Waals surface area contributed by atoms with Gasteiger partial charge in [-0.1, -0.05) is 145 Å². The van der Waals surface area contributed by atoms with Crippen LogP contribution in [0.1, 0.15) is 52.7 Å². The molecule has 64 heavy (non-hydrogen) atoms. The van der Waals surface area contributed by atoms with Gasteiger partial charge < -0.3 is 9.13 Å². The molecule has 0 amide bonds. The van der Waals surface area contributed by atoms with Crippen LogP contribution in [0.4, 0.5) is 0 Å². The van der Waals surface area contributed by atoms with Crippen molar-refractivity contribution in [3.8, 4) is 11.4 Å². The SMILES string of the molecule is CC(C)(C)c1ccc2c3cc(-n4c5ccccc5c5ccccc54)ccc3c3cc4c5cc(C(C)(C)C)ccc5c5cc6c(cc5c4cc3c2c1)c1ccccc1n6-c1ccccc1. The summed E-state index contributed by atoms with van der Waals surface area (Å²) in [7, 11) is 0. The number of rotatable bonds is 2. The number of fused-ring (bicyclic) bond motifs is 18. The average Bonchev–Trinajstić information content (AvgIpc) is 3.82. The summed E-state index contributed by atoms with van der Waals surface area (Å²) in [6, 6.07) is 69.1. The molecule has 0 aliphatic rings. The number of para-hydroxylation sites is 4. The van der Waals surface area contributed by atoms with E-state index in [1.54, 1.807) is 0 Å². The summed E-state index contributed by atoms with van der Waals surface area (Å²) < 4.78 is 4.90. The van der Waals surface area contributed by atoms with E-state index in [0.717, 1.165) is 0 Å². The Morgan fingerprint density at radius 3 is 1.09 bits per heavy atom. The smallest absolute Gasteiger partial charge is 0.0547 e. The maximum absolute atomic E-state index is 2.55. The minimum atomic E-state index is -0.0119. The largest absolute Gasteiger partial charge is 0.309 e. The molecule has 0 saturated carbocycles. The molecule has 0 radical (unpaired) electrons. The summed E-state index contributed by atoms with van der Waals surface area (Å²) in [6.07, 6.45) is 0. The second-order valence-corrected chi connectivity index (χ2v) is 20.2. The molecule has 11 aromatic carbocycles. The summed E-state index contributed by atoms with van der Waals surface area (Å²) in [5.74, 6) is 0. The highest BCUT2D eigenvalue weighted by Crippen LogP contribution is 2.46. The van der Waals surface area contributed by atoms with Gasteiger partial charge >= 0.3 is 0 Å². The Kier molecular flexibility index (Phi) is 7.59. The molecule has 0 spiro atoms. The first kappa shape index (κ1) is 37.2. The van der Waals surface area contributed by atoms with Gasteiger partial charge in [0.05, 0.1) is 22.1 Å². The Bertz CT molecular complexity index is 4070. The molecule has 0 unspecified atom stereocenters. The zero-order valence-electron chi connectivity index (χ0n) is 37.2. The zero-order valence-corrected chi connectivity index (χ0v) is 37.2. The molecule has 2 heterocycles. The lowest BCUT2D eigenvalue weighted by atomic mass is 9.82. The van der Waals surface area contributed by atoms with Gasteiger partial charge in [0, 0.05) is 32.9 Å². The molecular weight excluding hydrogens is 773 g/mol. The van der Waals surface area contributed by atoms with Crippen molar-refractivity contribution in [3.05, 3.63) is 193 Å². The van der Waals surface area contributed by atoms with Gasteiger partial charge in [-0.3, -0.25) is 0 Å². The maximum Gasteiger partial charge on any atom is 0.0547 e. The van der Waals surface area contributed by atoms with Gasteiger partial charge in [-0.05, 0) is 165 Å². The van der Waals surface area contributed by atoms with E-state index in [1.807, 2.05) is 0 Å². The highest BCUT2D eigenvalue weighted by molar-refractivity contribution is 6.34. The van der Waals surface area contributed by atoms with Crippen LogP contribution in [-0.4, -0.2) is 9.13 Å². The fourth-order valence-electron chi connectivity index (χ4n) is 11.1. The van der Waals surface area contributed by atoms with Gasteiger partial charge in [0.15, 0.2) is 0 Å². The second kappa shape index (κ2) is 13.1. The molecule has 2 heteroatoms. The molecular formula is C62H48N2. The van der Waals surface area contributed by atoms with Crippen LogP contribution < -0.4 is 0 Å². The first-order chi connectivity index (χ1) is 31.0. The number of hydrogen-bond acceptors (Lipinski definition) is 0. The van der Waals surface area contributed by atoms with Gasteiger partial charge in [0.25, 0.3) is 0 Å². The predicted octanol–water partition coefficient (Wildman–Crippen LogP) is 17.4. The molecule has 2 nitrogen and oxygen atoms in total. The van der Waals surface area contributed by atoms with Gasteiger partial charge in [-0.15, -0.1) is 0 Å². The standard InChI is InChI=1S/C62H48N2/c1-61(2,3)37-24-27-41-47(30-37)51-34-53-52(33-50(51)43-29-26-40(32-49(41)43)64-57-21-13-10-18-44(57)45-19-11-14-22-58(45)64)48-31-38(62(4,5)6)25-28-42(48)55-36-60-56(35-54(53)55)46-20-12-15-23-59(46)63(60)39-16-8-7-9-17-39/h7-36H,1-6H3. The molecule has 0 saturated heterocycles. The highest BCUT2D eigenvalue weighted by Gasteiger charge is 2.23. The summed E-state index contributed by atoms with van der Waals surface area (Å²) >= 11 is 0. The van der Waals surface area contributed by atoms with Crippen LogP contribution in [-0.2, 0) is 10.8 Å². The third-order valence-corrected chi connectivity index (χ3v) is 14.3. The number of benzene rings is 11. The van der Waals surface area contributed by atoms with E-state index >= 15 is 0 Å². The third-order valence-electron chi connectivity index (χ3n) is 14.3. The first-order valence-corrected chi connectivity index (χ1v) is 22.8. The van der Waals surface area contributed by atoms with Crippen LogP contribution in [0.3, 0.4) is 0 Å². The van der Waals surface area contributed by atoms with Crippen molar-refractivity contribution in [1.29, 1.82) is 0 Å². The molecule has 13 aromatic rings. The van der Waals surface area contributed by atoms with Gasteiger partial charge in [-0.25, -0.2) is 0 Å². The van der Waals surface area contributed by atoms with Crippen molar-refractivity contribution < 1.29 is 0 Å². The Labute approximate surface area is 372 Å². The van der Waals surface area contributed by atoms with Crippen molar-refractivity contribution in [2.24, 2.45) is 0 Å². The summed E-state index contributed by atoms with van der Waals surface area (Å²) in [5.41, 5.74) is 9.91. The topological polar surface area (TPSA) is 9.86 Å². The minimum Gasteiger partial charge on any atom is -0.309 e. The lowest BCUT2D eigenvalue weighted by Crippen LogP contribution is -2.10. The Morgan fingerprint density at radius 2 is 0.594 bits per heavy atom. The molecule has 0 aliphatic carbocycles. The van der Waals surface area contributed by atoms with Gasteiger partial charge in [-0.2, -0.15) is 0 Å². The quantitative estimate of drug-likeness (QED) is 0.121. The van der Waals surface area contributed by atoms with Crippen LogP contribution in [0, 0.1) is 0 Å². The number of hydrogen-bond donors (Lipinski definition) is 0. The van der Waals surface area contributed by atoms with Crippen molar-refractivity contribution in [1.82, 2.24) is 9.13 Å². The Morgan fingerprint density at radius 1 is 0.234 bits per heavy atom. The number of aromatic nitrogens is 2. The fraction of sp³-hybridized carbons (Fsp3) is 0.129. The van der Waals surface area contributed by atoms with Crippen molar-refractivity contribution in [3.63, 3.8) is 0 Å². The highest BCUT2D eigenvalue weighted by atomic mass is 15.0. The van der Waals surface area contributed by atoms with Crippen molar-refractivity contribution >= 4 is 108 Å². The summed E-state index contributed by atoms with van der Waals surface area (Å²) in [5, 5.41) is 20.6. The maximum atomic E-state index is 2.55. The summed E-state index contributed by atoms with van der Waals surface area (Å²) in [4.78, 5) is 0. The van der Waals surface area contributed by atoms with Crippen molar-refractivity contribution in [2.45, 2.75) is 52.4 Å². The lowest BCUT2D eigenvalue weighted by Gasteiger charge is -2.22. The molecule has 0 aliphatic heterocycles. The van der Waals surface area contributed by atoms with Crippen LogP contribution in [0.2, 0.25) is 0 Å². The van der Waals surface area contributed by atoms with Crippen LogP contribution in [0.5, 0.6) is 0 Å². The lowest BCUT2D eigenvalue weighted by molar-refractivity contribution is 0.591. The molecule has 0 fully saturated rings. The Balaban J connectivity index is 1.20. The normalized spacial score (nSPS) is 12.8. The molecule has 0 N–H and O–H groups in total. The van der Waals surface area contributed by atoms with Crippen molar-refractivity contribution in [2.75, 3.05) is 0 Å². The van der Waals surface area contributed by atoms with Crippen LogP contribution >= 0.6 is 0 Å². The van der Waals surface area contributed by atoms with E-state index in [-0.39, 0.29) is 10.8 Å². The van der Waals surface area contributed by atoms with Gasteiger partial charge in [0.1, 0.15) is 0 Å². The first-order valence-electron chi connectivity index (χ1n) is 22.8. The molecule has 0 atom stereocenters. The molecule has 306 valence electrons. The van der Waals surface area contributed by atoms with E-state index < -0.39 is 0 Å². The molecule has 0 bridgehead atoms. The molecule has 2 aromatic heterocycles. The van der Waals surface area contributed by atoms with E-state index in [4.69, 9.17) is 0 Å². The Hall–Kier alpha value is -7.42. The summed E-state index contributed by atoms with van der Waals surface area (Å²) in [6.45, 7) is 14.0. The molecule has 13 rings (SSSR count). The van der Waals surface area contributed by atoms with Gasteiger partial charge in [0.2, 0.25) is 0 Å². The van der Waals surface area contributed by atoms with Crippen LogP contribution in [0.15, 0.2) is 182 Å². The van der Waals surface area contributed by atoms with E-state index in [1.165, 1.54) is 131 Å². The monoisotopic (exact) mass is 820 g/mol.